The Morgan fingerprint density at radius 2 is 2.27 bits per heavy atom. The maximum absolute atomic E-state index is 12.4. The zero-order chi connectivity index (χ0) is 16.1. The Balaban J connectivity index is 1.92. The Morgan fingerprint density at radius 3 is 2.95 bits per heavy atom. The first kappa shape index (κ1) is 16.4. The van der Waals surface area contributed by atoms with Crippen LogP contribution >= 0.6 is 0 Å². The summed E-state index contributed by atoms with van der Waals surface area (Å²) in [7, 11) is 0. The largest absolute Gasteiger partial charge is 0.369 e. The number of rotatable bonds is 5. The van der Waals surface area contributed by atoms with Gasteiger partial charge in [0.1, 0.15) is 0 Å². The van der Waals surface area contributed by atoms with Crippen molar-refractivity contribution in [1.29, 1.82) is 0 Å². The van der Waals surface area contributed by atoms with Crippen LogP contribution in [-0.2, 0) is 9.59 Å². The summed E-state index contributed by atoms with van der Waals surface area (Å²) < 4.78 is 0. The number of pyridine rings is 1. The lowest BCUT2D eigenvalue weighted by Crippen LogP contribution is -2.46. The van der Waals surface area contributed by atoms with Gasteiger partial charge in [-0.05, 0) is 45.4 Å². The minimum absolute atomic E-state index is 0.0185. The number of hydrogen-bond acceptors (Lipinski definition) is 4. The highest BCUT2D eigenvalue weighted by atomic mass is 16.2. The topological polar surface area (TPSA) is 88.3 Å². The molecule has 1 saturated heterocycles. The van der Waals surface area contributed by atoms with Crippen molar-refractivity contribution in [3.05, 3.63) is 29.6 Å². The lowest BCUT2D eigenvalue weighted by Gasteiger charge is -2.31. The van der Waals surface area contributed by atoms with Crippen molar-refractivity contribution in [2.45, 2.75) is 32.7 Å². The molecule has 3 N–H and O–H groups in total. The normalized spacial score (nSPS) is 20.4. The maximum Gasteiger partial charge on any atom is 0.231 e. The third-order valence-corrected chi connectivity index (χ3v) is 3.97. The second-order valence-corrected chi connectivity index (χ2v) is 5.97. The van der Waals surface area contributed by atoms with Gasteiger partial charge in [-0.1, -0.05) is 6.07 Å². The first-order valence-corrected chi connectivity index (χ1v) is 7.70. The van der Waals surface area contributed by atoms with Crippen LogP contribution in [0.25, 0.3) is 0 Å². The number of aromatic nitrogens is 1. The Morgan fingerprint density at radius 1 is 1.50 bits per heavy atom. The molecule has 1 fully saturated rings. The summed E-state index contributed by atoms with van der Waals surface area (Å²) in [5, 5.41) is 3.02. The fourth-order valence-electron chi connectivity index (χ4n) is 2.84. The molecule has 2 rings (SSSR count). The van der Waals surface area contributed by atoms with Crippen LogP contribution in [0.2, 0.25) is 0 Å². The van der Waals surface area contributed by atoms with E-state index in [2.05, 4.69) is 10.3 Å². The van der Waals surface area contributed by atoms with E-state index in [-0.39, 0.29) is 30.3 Å². The van der Waals surface area contributed by atoms with E-state index in [9.17, 15) is 9.59 Å². The van der Waals surface area contributed by atoms with Crippen LogP contribution in [0.15, 0.2) is 18.2 Å². The van der Waals surface area contributed by atoms with Crippen LogP contribution in [0.5, 0.6) is 0 Å². The number of piperidine rings is 1. The van der Waals surface area contributed by atoms with Crippen molar-refractivity contribution in [2.75, 3.05) is 19.6 Å². The molecule has 2 unspecified atom stereocenters. The van der Waals surface area contributed by atoms with E-state index >= 15 is 0 Å². The van der Waals surface area contributed by atoms with Gasteiger partial charge in [0.2, 0.25) is 11.8 Å². The number of aryl methyl sites for hydroxylation is 1. The highest BCUT2D eigenvalue weighted by molar-refractivity contribution is 5.80. The van der Waals surface area contributed by atoms with E-state index in [1.54, 1.807) is 0 Å². The number of nitrogens with zero attached hydrogens (tertiary/aromatic N) is 2. The van der Waals surface area contributed by atoms with Gasteiger partial charge in [-0.25, -0.2) is 0 Å². The SMILES string of the molecule is Cc1cccc(C(C)NC(=O)C2CCCN(CC(N)=O)C2)n1. The average Bonchev–Trinajstić information content (AvgIpc) is 2.46. The third kappa shape index (κ3) is 4.53. The lowest BCUT2D eigenvalue weighted by atomic mass is 9.96. The summed E-state index contributed by atoms with van der Waals surface area (Å²) in [5.74, 6) is -0.427. The maximum atomic E-state index is 12.4. The average molecular weight is 304 g/mol. The van der Waals surface area contributed by atoms with E-state index < -0.39 is 0 Å². The van der Waals surface area contributed by atoms with Gasteiger partial charge in [0.25, 0.3) is 0 Å². The lowest BCUT2D eigenvalue weighted by molar-refractivity contribution is -0.128. The molecule has 2 amide bonds. The van der Waals surface area contributed by atoms with E-state index in [0.29, 0.717) is 6.54 Å². The molecule has 22 heavy (non-hydrogen) atoms. The van der Waals surface area contributed by atoms with E-state index in [4.69, 9.17) is 5.73 Å². The third-order valence-electron chi connectivity index (χ3n) is 3.97. The first-order valence-electron chi connectivity index (χ1n) is 7.70. The number of amides is 2. The van der Waals surface area contributed by atoms with Gasteiger partial charge in [-0.15, -0.1) is 0 Å². The summed E-state index contributed by atoms with van der Waals surface area (Å²) in [6.45, 7) is 5.49. The van der Waals surface area contributed by atoms with Crippen molar-refractivity contribution in [3.63, 3.8) is 0 Å². The summed E-state index contributed by atoms with van der Waals surface area (Å²) in [6, 6.07) is 5.66. The van der Waals surface area contributed by atoms with Gasteiger partial charge in [-0.2, -0.15) is 0 Å². The van der Waals surface area contributed by atoms with Crippen molar-refractivity contribution in [1.82, 2.24) is 15.2 Å². The summed E-state index contributed by atoms with van der Waals surface area (Å²) in [6.07, 6.45) is 1.75. The number of primary amides is 1. The molecule has 1 aliphatic heterocycles. The molecule has 6 nitrogen and oxygen atoms in total. The van der Waals surface area contributed by atoms with Crippen LogP contribution in [0.4, 0.5) is 0 Å². The molecule has 1 aliphatic rings. The molecule has 0 aromatic carbocycles. The summed E-state index contributed by atoms with van der Waals surface area (Å²) in [4.78, 5) is 29.8. The molecule has 0 bridgehead atoms. The number of nitrogens with two attached hydrogens (primary N) is 1. The molecule has 0 saturated carbocycles. The highest BCUT2D eigenvalue weighted by Crippen LogP contribution is 2.18. The minimum atomic E-state index is -0.349. The number of likely N-dealkylation sites (tertiary alicyclic amines) is 1. The number of hydrogen-bond donors (Lipinski definition) is 2. The van der Waals surface area contributed by atoms with Gasteiger partial charge < -0.3 is 11.1 Å². The quantitative estimate of drug-likeness (QED) is 0.841. The molecule has 0 spiro atoms. The van der Waals surface area contributed by atoms with Crippen LogP contribution in [0, 0.1) is 12.8 Å². The molecular weight excluding hydrogens is 280 g/mol. The predicted octanol–water partition coefficient (Wildman–Crippen LogP) is 0.765. The van der Waals surface area contributed by atoms with E-state index in [1.165, 1.54) is 0 Å². The van der Waals surface area contributed by atoms with Crippen molar-refractivity contribution >= 4 is 11.8 Å². The zero-order valence-electron chi connectivity index (χ0n) is 13.2. The van der Waals surface area contributed by atoms with E-state index in [0.717, 1.165) is 30.8 Å². The Bertz CT molecular complexity index is 547. The number of carbonyl (C=O) groups excluding carboxylic acids is 2. The Kier molecular flexibility index (Phi) is 5.49. The highest BCUT2D eigenvalue weighted by Gasteiger charge is 2.27. The molecule has 120 valence electrons. The number of carbonyl (C=O) groups is 2. The smallest absolute Gasteiger partial charge is 0.231 e. The van der Waals surface area contributed by atoms with Crippen LogP contribution in [0.1, 0.15) is 37.2 Å². The van der Waals surface area contributed by atoms with Crippen LogP contribution < -0.4 is 11.1 Å². The molecule has 6 heteroatoms. The minimum Gasteiger partial charge on any atom is -0.369 e. The van der Waals surface area contributed by atoms with Crippen LogP contribution in [-0.4, -0.2) is 41.3 Å². The second kappa shape index (κ2) is 7.35. The first-order chi connectivity index (χ1) is 10.5. The van der Waals surface area contributed by atoms with Gasteiger partial charge in [0, 0.05) is 12.2 Å². The number of nitrogens with one attached hydrogen (secondary N) is 1. The van der Waals surface area contributed by atoms with Crippen LogP contribution in [0.3, 0.4) is 0 Å². The predicted molar refractivity (Wildman–Crippen MR) is 83.9 cm³/mol. The van der Waals surface area contributed by atoms with Crippen molar-refractivity contribution in [2.24, 2.45) is 11.7 Å². The molecule has 2 heterocycles. The molecular formula is C16H24N4O2. The van der Waals surface area contributed by atoms with Crippen molar-refractivity contribution in [3.8, 4) is 0 Å². The van der Waals surface area contributed by atoms with Crippen molar-refractivity contribution < 1.29 is 9.59 Å². The zero-order valence-corrected chi connectivity index (χ0v) is 13.2. The molecule has 0 aliphatic carbocycles. The Hall–Kier alpha value is -1.95. The van der Waals surface area contributed by atoms with Gasteiger partial charge in [-0.3, -0.25) is 19.5 Å². The van der Waals surface area contributed by atoms with E-state index in [1.807, 2.05) is 36.9 Å². The molecule has 0 radical (unpaired) electrons. The van der Waals surface area contributed by atoms with Gasteiger partial charge in [0.15, 0.2) is 0 Å². The molecule has 1 aromatic rings. The monoisotopic (exact) mass is 304 g/mol. The molecule has 2 atom stereocenters. The fraction of sp³-hybridized carbons (Fsp3) is 0.562. The standard InChI is InChI=1S/C16H24N4O2/c1-11-5-3-7-14(18-11)12(2)19-16(22)13-6-4-8-20(9-13)10-15(17)21/h3,5,7,12-13H,4,6,8-10H2,1-2H3,(H2,17,21)(H,19,22). The molecule has 1 aromatic heterocycles. The summed E-state index contributed by atoms with van der Waals surface area (Å²) >= 11 is 0. The van der Waals surface area contributed by atoms with Gasteiger partial charge >= 0.3 is 0 Å². The second-order valence-electron chi connectivity index (χ2n) is 5.97. The fourth-order valence-corrected chi connectivity index (χ4v) is 2.84. The van der Waals surface area contributed by atoms with Gasteiger partial charge in [0.05, 0.1) is 24.2 Å². The Labute approximate surface area is 131 Å². The summed E-state index contributed by atoms with van der Waals surface area (Å²) in [5.41, 5.74) is 7.02.